The largest absolute Gasteiger partial charge is 0.277 e. The highest BCUT2D eigenvalue weighted by Crippen LogP contribution is 2.35. The van der Waals surface area contributed by atoms with Gasteiger partial charge in [0.05, 0.1) is 27.3 Å². The second-order valence-corrected chi connectivity index (χ2v) is 6.44. The van der Waals surface area contributed by atoms with Crippen LogP contribution in [0.15, 0.2) is 52.5 Å². The number of nitro groups is 1. The quantitative estimate of drug-likeness (QED) is 0.520. The molecule has 2 aromatic carbocycles. The van der Waals surface area contributed by atoms with Gasteiger partial charge in [-0.25, -0.2) is 4.21 Å². The van der Waals surface area contributed by atoms with Crippen LogP contribution in [0.5, 0.6) is 0 Å². The van der Waals surface area contributed by atoms with Gasteiger partial charge in [-0.05, 0) is 5.56 Å². The first-order valence-corrected chi connectivity index (χ1v) is 7.96. The molecule has 1 amide bonds. The predicted molar refractivity (Wildman–Crippen MR) is 89.3 cm³/mol. The van der Waals surface area contributed by atoms with Crippen molar-refractivity contribution in [2.45, 2.75) is 4.90 Å². The summed E-state index contributed by atoms with van der Waals surface area (Å²) in [5.41, 5.74) is 3.48. The van der Waals surface area contributed by atoms with Crippen molar-refractivity contribution in [3.63, 3.8) is 0 Å². The first-order chi connectivity index (χ1) is 11.5. The fourth-order valence-corrected chi connectivity index (χ4v) is 3.38. The number of hydrogen-bond donors (Lipinski definition) is 1. The van der Waals surface area contributed by atoms with Crippen LogP contribution < -0.4 is 5.43 Å². The van der Waals surface area contributed by atoms with E-state index < -0.39 is 21.8 Å². The molecule has 0 radical (unpaired) electrons. The lowest BCUT2D eigenvalue weighted by atomic mass is 10.1. The molecular weight excluding hydrogens is 332 g/mol. The third-order valence-corrected chi connectivity index (χ3v) is 4.79. The van der Waals surface area contributed by atoms with Gasteiger partial charge < -0.3 is 0 Å². The van der Waals surface area contributed by atoms with Gasteiger partial charge in [0.15, 0.2) is 11.0 Å². The van der Waals surface area contributed by atoms with Crippen LogP contribution in [0, 0.1) is 10.1 Å². The molecule has 0 fully saturated rings. The Balaban J connectivity index is 2.00. The number of nitro benzene ring substituents is 1. The average Bonchev–Trinajstić information content (AvgIpc) is 2.80. The summed E-state index contributed by atoms with van der Waals surface area (Å²) < 4.78 is 13.2. The number of amides is 1. The summed E-state index contributed by atoms with van der Waals surface area (Å²) in [5.74, 6) is -0.476. The van der Waals surface area contributed by atoms with E-state index in [4.69, 9.17) is 0 Å². The summed E-state index contributed by atoms with van der Waals surface area (Å²) in [7, 11) is -0.387. The minimum atomic E-state index is -1.76. The van der Waals surface area contributed by atoms with Crippen LogP contribution in [-0.4, -0.2) is 32.6 Å². The van der Waals surface area contributed by atoms with E-state index in [1.165, 1.54) is 19.3 Å². The predicted octanol–water partition coefficient (Wildman–Crippen LogP) is 2.15. The van der Waals surface area contributed by atoms with Crippen molar-refractivity contribution < 1.29 is 13.9 Å². The Morgan fingerprint density at radius 3 is 2.67 bits per heavy atom. The molecule has 9 heteroatoms. The normalized spacial score (nSPS) is 16.5. The van der Waals surface area contributed by atoms with Crippen molar-refractivity contribution >= 4 is 34.5 Å². The summed E-state index contributed by atoms with van der Waals surface area (Å²) in [6.07, 6.45) is 1.52. The maximum Gasteiger partial charge on any atom is 0.272 e. The molecule has 122 valence electrons. The van der Waals surface area contributed by atoms with Crippen LogP contribution >= 0.6 is 0 Å². The lowest BCUT2D eigenvalue weighted by molar-refractivity contribution is -0.385. The molecule has 1 N–H and O–H groups in total. The maximum absolute atomic E-state index is 12.2. The van der Waals surface area contributed by atoms with Crippen LogP contribution in [0.4, 0.5) is 11.4 Å². The van der Waals surface area contributed by atoms with Gasteiger partial charge in [0.1, 0.15) is 0 Å². The molecule has 0 spiro atoms. The third kappa shape index (κ3) is 2.76. The fraction of sp³-hybridized carbons (Fsp3) is 0.0667. The van der Waals surface area contributed by atoms with Crippen molar-refractivity contribution in [3.05, 3.63) is 63.7 Å². The molecule has 1 aliphatic heterocycles. The molecule has 2 aromatic rings. The SMILES string of the molecule is CN1C(=O)c2c(NN=Cc3ccccc3)cc([N+](=O)[O-])cc2S1=O. The molecule has 1 heterocycles. The number of carbonyl (C=O) groups is 1. The van der Waals surface area contributed by atoms with Crippen molar-refractivity contribution in [1.29, 1.82) is 0 Å². The molecule has 0 saturated heterocycles. The summed E-state index contributed by atoms with van der Waals surface area (Å²) in [6, 6.07) is 11.6. The zero-order valence-corrected chi connectivity index (χ0v) is 13.3. The zero-order chi connectivity index (χ0) is 17.3. The number of hydrazone groups is 1. The van der Waals surface area contributed by atoms with E-state index in [1.807, 2.05) is 30.3 Å². The summed E-state index contributed by atoms with van der Waals surface area (Å²) >= 11 is 0. The van der Waals surface area contributed by atoms with Crippen molar-refractivity contribution in [2.75, 3.05) is 12.5 Å². The monoisotopic (exact) mass is 344 g/mol. The number of rotatable bonds is 4. The molecule has 0 bridgehead atoms. The highest BCUT2D eigenvalue weighted by Gasteiger charge is 2.36. The van der Waals surface area contributed by atoms with E-state index in [2.05, 4.69) is 10.5 Å². The molecule has 0 aliphatic carbocycles. The summed E-state index contributed by atoms with van der Waals surface area (Å²) in [5, 5.41) is 15.1. The van der Waals surface area contributed by atoms with Crippen molar-refractivity contribution in [3.8, 4) is 0 Å². The minimum absolute atomic E-state index is 0.106. The molecule has 3 rings (SSSR count). The third-order valence-electron chi connectivity index (χ3n) is 3.43. The van der Waals surface area contributed by atoms with Gasteiger partial charge in [-0.15, -0.1) is 0 Å². The zero-order valence-electron chi connectivity index (χ0n) is 12.5. The minimum Gasteiger partial charge on any atom is -0.277 e. The van der Waals surface area contributed by atoms with E-state index in [0.29, 0.717) is 0 Å². The van der Waals surface area contributed by atoms with Gasteiger partial charge in [-0.3, -0.25) is 24.6 Å². The number of non-ortho nitro benzene ring substituents is 1. The Labute approximate surface area is 139 Å². The van der Waals surface area contributed by atoms with Gasteiger partial charge in [-0.2, -0.15) is 5.10 Å². The molecular formula is C15H12N4O4S. The number of benzene rings is 2. The highest BCUT2D eigenvalue weighted by atomic mass is 32.2. The van der Waals surface area contributed by atoms with Crippen LogP contribution in [-0.2, 0) is 11.0 Å². The Bertz CT molecular complexity index is 883. The number of nitrogens with one attached hydrogen (secondary N) is 1. The molecule has 8 nitrogen and oxygen atoms in total. The average molecular weight is 344 g/mol. The van der Waals surface area contributed by atoms with Crippen LogP contribution in [0.3, 0.4) is 0 Å². The first kappa shape index (κ1) is 15.8. The number of nitrogens with zero attached hydrogens (tertiary/aromatic N) is 3. The second kappa shape index (κ2) is 6.20. The van der Waals surface area contributed by atoms with E-state index in [0.717, 1.165) is 15.9 Å². The van der Waals surface area contributed by atoms with Crippen molar-refractivity contribution in [1.82, 2.24) is 4.31 Å². The van der Waals surface area contributed by atoms with Gasteiger partial charge >= 0.3 is 0 Å². The van der Waals surface area contributed by atoms with E-state index in [9.17, 15) is 19.1 Å². The lowest BCUT2D eigenvalue weighted by Gasteiger charge is -2.05. The molecule has 0 saturated carbocycles. The second-order valence-electron chi connectivity index (χ2n) is 4.96. The standard InChI is InChI=1S/C15H12N4O4S/c1-18-15(20)14-12(17-16-9-10-5-3-2-4-6-10)7-11(19(21)22)8-13(14)24(18)23/h2-9,17H,1H3. The first-order valence-electron chi connectivity index (χ1n) is 6.85. The fourth-order valence-electron chi connectivity index (χ4n) is 2.25. The van der Waals surface area contributed by atoms with Gasteiger partial charge in [-0.1, -0.05) is 30.3 Å². The molecule has 1 aliphatic rings. The van der Waals surface area contributed by atoms with Crippen LogP contribution in [0.1, 0.15) is 15.9 Å². The molecule has 1 unspecified atom stereocenters. The Hall–Kier alpha value is -3.07. The van der Waals surface area contributed by atoms with Crippen molar-refractivity contribution in [2.24, 2.45) is 5.10 Å². The van der Waals surface area contributed by atoms with E-state index in [-0.39, 0.29) is 21.8 Å². The molecule has 1 atom stereocenters. The van der Waals surface area contributed by atoms with Gasteiger partial charge in [0, 0.05) is 19.2 Å². The number of hydrogen-bond acceptors (Lipinski definition) is 6. The Kier molecular flexibility index (Phi) is 4.09. The number of fused-ring (bicyclic) bond motifs is 1. The summed E-state index contributed by atoms with van der Waals surface area (Å²) in [6.45, 7) is 0. The topological polar surface area (TPSA) is 105 Å². The van der Waals surface area contributed by atoms with Gasteiger partial charge in [0.25, 0.3) is 11.6 Å². The number of anilines is 1. The van der Waals surface area contributed by atoms with Crippen LogP contribution in [0.25, 0.3) is 0 Å². The maximum atomic E-state index is 12.2. The molecule has 0 aromatic heterocycles. The summed E-state index contributed by atoms with van der Waals surface area (Å²) in [4.78, 5) is 22.8. The van der Waals surface area contributed by atoms with E-state index in [1.54, 1.807) is 0 Å². The van der Waals surface area contributed by atoms with Gasteiger partial charge in [0.2, 0.25) is 0 Å². The lowest BCUT2D eigenvalue weighted by Crippen LogP contribution is -2.20. The van der Waals surface area contributed by atoms with E-state index >= 15 is 0 Å². The number of carbonyl (C=O) groups excluding carboxylic acids is 1. The van der Waals surface area contributed by atoms with Crippen LogP contribution in [0.2, 0.25) is 0 Å². The molecule has 24 heavy (non-hydrogen) atoms. The highest BCUT2D eigenvalue weighted by molar-refractivity contribution is 7.84. The smallest absolute Gasteiger partial charge is 0.272 e. The Morgan fingerprint density at radius 1 is 1.29 bits per heavy atom. The Morgan fingerprint density at radius 2 is 2.00 bits per heavy atom.